The molecule has 0 bridgehead atoms. The Morgan fingerprint density at radius 2 is 2.00 bits per heavy atom. The second-order valence-corrected chi connectivity index (χ2v) is 8.66. The first-order valence-electron chi connectivity index (χ1n) is 7.81. The van der Waals surface area contributed by atoms with E-state index in [4.69, 9.17) is 4.18 Å². The van der Waals surface area contributed by atoms with E-state index >= 15 is 0 Å². The van der Waals surface area contributed by atoms with Crippen LogP contribution in [0.25, 0.3) is 0 Å². The van der Waals surface area contributed by atoms with Crippen molar-refractivity contribution >= 4 is 39.7 Å². The molecular formula is C16H16N2O7S2. The van der Waals surface area contributed by atoms with Gasteiger partial charge in [0.1, 0.15) is 11.4 Å². The van der Waals surface area contributed by atoms with E-state index in [1.807, 2.05) is 6.07 Å². The summed E-state index contributed by atoms with van der Waals surface area (Å²) in [4.78, 5) is 37.1. The van der Waals surface area contributed by atoms with Gasteiger partial charge in [-0.05, 0) is 5.56 Å². The van der Waals surface area contributed by atoms with Crippen molar-refractivity contribution in [3.8, 4) is 0 Å². The number of fused-ring (bicyclic) bond motifs is 1. The molecule has 0 aliphatic carbocycles. The summed E-state index contributed by atoms with van der Waals surface area (Å²) in [5, 5.41) is 11.4. The van der Waals surface area contributed by atoms with Gasteiger partial charge in [-0.25, -0.2) is 4.79 Å². The number of benzene rings is 1. The molecule has 1 fully saturated rings. The standard InChI is InChI=1S/C16H16N2O7S2/c1-27(23,24)25-10-8-26-15-12(14(20)18(15)13(10)16(21)22)17-11(19)7-9-5-3-2-4-6-9/h2-6,12,15H,7-8H2,1H3,(H,17,19)(H,21,22)/t12-,15+/m1/s1. The summed E-state index contributed by atoms with van der Waals surface area (Å²) >= 11 is 1.12. The fourth-order valence-electron chi connectivity index (χ4n) is 2.84. The highest BCUT2D eigenvalue weighted by molar-refractivity contribution is 8.00. The molecule has 2 atom stereocenters. The molecule has 9 nitrogen and oxygen atoms in total. The summed E-state index contributed by atoms with van der Waals surface area (Å²) in [5.41, 5.74) is 0.271. The molecule has 11 heteroatoms. The molecule has 27 heavy (non-hydrogen) atoms. The normalized spacial score (nSPS) is 22.0. The third-order valence-corrected chi connectivity index (χ3v) is 5.67. The average Bonchev–Trinajstić information content (AvgIpc) is 2.58. The van der Waals surface area contributed by atoms with Crippen LogP contribution in [-0.2, 0) is 35.1 Å². The zero-order valence-corrected chi connectivity index (χ0v) is 15.7. The van der Waals surface area contributed by atoms with Crippen molar-refractivity contribution in [1.82, 2.24) is 10.2 Å². The van der Waals surface area contributed by atoms with Crippen LogP contribution in [0.1, 0.15) is 5.56 Å². The first-order chi connectivity index (χ1) is 12.7. The maximum Gasteiger partial charge on any atom is 0.356 e. The second-order valence-electron chi connectivity index (χ2n) is 5.98. The molecule has 2 heterocycles. The number of nitrogens with one attached hydrogen (secondary N) is 1. The summed E-state index contributed by atoms with van der Waals surface area (Å²) in [6.07, 6.45) is 0.882. The average molecular weight is 412 g/mol. The van der Waals surface area contributed by atoms with Crippen molar-refractivity contribution in [3.63, 3.8) is 0 Å². The smallest absolute Gasteiger partial charge is 0.356 e. The van der Waals surface area contributed by atoms with E-state index in [0.717, 1.165) is 28.5 Å². The van der Waals surface area contributed by atoms with Gasteiger partial charge in [-0.2, -0.15) is 8.42 Å². The van der Waals surface area contributed by atoms with E-state index in [1.54, 1.807) is 24.3 Å². The third-order valence-electron chi connectivity index (χ3n) is 3.91. The largest absolute Gasteiger partial charge is 0.476 e. The first-order valence-corrected chi connectivity index (χ1v) is 10.7. The predicted molar refractivity (Wildman–Crippen MR) is 95.8 cm³/mol. The molecule has 0 saturated carbocycles. The van der Waals surface area contributed by atoms with Gasteiger partial charge in [-0.3, -0.25) is 14.5 Å². The Balaban J connectivity index is 1.73. The quantitative estimate of drug-likeness (QED) is 0.489. The predicted octanol–water partition coefficient (Wildman–Crippen LogP) is -0.0986. The summed E-state index contributed by atoms with van der Waals surface area (Å²) in [6.45, 7) is 0. The molecule has 1 saturated heterocycles. The fourth-order valence-corrected chi connectivity index (χ4v) is 4.67. The Labute approximate surface area is 159 Å². The van der Waals surface area contributed by atoms with Crippen LogP contribution in [0.4, 0.5) is 0 Å². The minimum atomic E-state index is -3.93. The van der Waals surface area contributed by atoms with Crippen molar-refractivity contribution in [2.45, 2.75) is 17.8 Å². The van der Waals surface area contributed by atoms with Crippen LogP contribution in [-0.4, -0.2) is 59.6 Å². The monoisotopic (exact) mass is 412 g/mol. The van der Waals surface area contributed by atoms with E-state index < -0.39 is 39.1 Å². The van der Waals surface area contributed by atoms with E-state index in [-0.39, 0.29) is 23.8 Å². The number of amides is 2. The van der Waals surface area contributed by atoms with Crippen molar-refractivity contribution in [1.29, 1.82) is 0 Å². The third kappa shape index (κ3) is 4.08. The zero-order chi connectivity index (χ0) is 19.8. The topological polar surface area (TPSA) is 130 Å². The maximum atomic E-state index is 12.4. The maximum absolute atomic E-state index is 12.4. The number of carbonyl (C=O) groups excluding carboxylic acids is 2. The van der Waals surface area contributed by atoms with Crippen LogP contribution in [0.2, 0.25) is 0 Å². The first kappa shape index (κ1) is 19.2. The Hall–Kier alpha value is -2.53. The molecule has 2 aliphatic heterocycles. The lowest BCUT2D eigenvalue weighted by molar-refractivity contribution is -0.151. The van der Waals surface area contributed by atoms with Gasteiger partial charge in [0.15, 0.2) is 11.5 Å². The number of hydrogen-bond acceptors (Lipinski definition) is 7. The van der Waals surface area contributed by atoms with Gasteiger partial charge < -0.3 is 14.6 Å². The number of carboxylic acid groups (broad SMARTS) is 1. The van der Waals surface area contributed by atoms with Crippen molar-refractivity contribution in [2.75, 3.05) is 12.0 Å². The zero-order valence-electron chi connectivity index (χ0n) is 14.1. The SMILES string of the molecule is CS(=O)(=O)OC1=C(C(=O)O)N2C(=O)[C@@H](NC(=O)Cc3ccccc3)[C@@H]2SC1. The molecule has 3 rings (SSSR count). The highest BCUT2D eigenvalue weighted by Gasteiger charge is 2.55. The number of rotatable bonds is 6. The molecular weight excluding hydrogens is 396 g/mol. The molecule has 2 aliphatic rings. The molecule has 0 unspecified atom stereocenters. The minimum Gasteiger partial charge on any atom is -0.476 e. The van der Waals surface area contributed by atoms with Gasteiger partial charge in [0.2, 0.25) is 5.91 Å². The van der Waals surface area contributed by atoms with Gasteiger partial charge in [0.05, 0.1) is 18.4 Å². The van der Waals surface area contributed by atoms with Gasteiger partial charge in [0.25, 0.3) is 5.91 Å². The summed E-state index contributed by atoms with van der Waals surface area (Å²) in [7, 11) is -3.93. The van der Waals surface area contributed by atoms with E-state index in [2.05, 4.69) is 5.32 Å². The number of nitrogens with zero attached hydrogens (tertiary/aromatic N) is 1. The summed E-state index contributed by atoms with van der Waals surface area (Å²) in [5.74, 6) is -2.82. The lowest BCUT2D eigenvalue weighted by Crippen LogP contribution is -2.70. The van der Waals surface area contributed by atoms with Crippen molar-refractivity contribution in [2.24, 2.45) is 0 Å². The molecule has 1 aromatic rings. The molecule has 2 amide bonds. The molecule has 0 radical (unpaired) electrons. The summed E-state index contributed by atoms with van der Waals surface area (Å²) < 4.78 is 27.4. The van der Waals surface area contributed by atoms with Crippen molar-refractivity contribution in [3.05, 3.63) is 47.4 Å². The highest BCUT2D eigenvalue weighted by atomic mass is 32.2. The number of carboxylic acids is 1. The van der Waals surface area contributed by atoms with Gasteiger partial charge >= 0.3 is 16.1 Å². The lowest BCUT2D eigenvalue weighted by Gasteiger charge is -2.48. The molecule has 0 spiro atoms. The van der Waals surface area contributed by atoms with Gasteiger partial charge in [0, 0.05) is 0 Å². The molecule has 0 aromatic heterocycles. The van der Waals surface area contributed by atoms with Crippen LogP contribution < -0.4 is 5.32 Å². The fraction of sp³-hybridized carbons (Fsp3) is 0.312. The van der Waals surface area contributed by atoms with Crippen LogP contribution in [0.15, 0.2) is 41.8 Å². The highest BCUT2D eigenvalue weighted by Crippen LogP contribution is 2.40. The van der Waals surface area contributed by atoms with Gasteiger partial charge in [-0.15, -0.1) is 11.8 Å². The molecule has 1 aromatic carbocycles. The van der Waals surface area contributed by atoms with E-state index in [0.29, 0.717) is 0 Å². The number of aliphatic carboxylic acids is 1. The van der Waals surface area contributed by atoms with E-state index in [1.165, 1.54) is 0 Å². The van der Waals surface area contributed by atoms with Crippen molar-refractivity contribution < 1.29 is 32.1 Å². The van der Waals surface area contributed by atoms with E-state index in [9.17, 15) is 27.9 Å². The number of thioether (sulfide) groups is 1. The number of carbonyl (C=O) groups is 3. The van der Waals surface area contributed by atoms with Crippen LogP contribution in [0.3, 0.4) is 0 Å². The van der Waals surface area contributed by atoms with Crippen LogP contribution >= 0.6 is 11.8 Å². The van der Waals surface area contributed by atoms with Crippen LogP contribution in [0.5, 0.6) is 0 Å². The number of hydrogen-bond donors (Lipinski definition) is 2. The van der Waals surface area contributed by atoms with Gasteiger partial charge in [-0.1, -0.05) is 30.3 Å². The molecule has 144 valence electrons. The Morgan fingerprint density at radius 3 is 2.59 bits per heavy atom. The lowest BCUT2D eigenvalue weighted by atomic mass is 10.0. The summed E-state index contributed by atoms with van der Waals surface area (Å²) in [6, 6.07) is 8.10. The Kier molecular flexibility index (Phi) is 5.16. The molecule has 2 N–H and O–H groups in total. The second kappa shape index (κ2) is 7.24. The minimum absolute atomic E-state index is 0.0474. The van der Waals surface area contributed by atoms with Crippen LogP contribution in [0, 0.1) is 0 Å². The Morgan fingerprint density at radius 1 is 1.33 bits per heavy atom. The Bertz CT molecular complexity index is 927. The number of β-lactam (4-membered cyclic amide) rings is 1.